The molecule has 2 rings (SSSR count). The molecule has 2 fully saturated rings. The highest BCUT2D eigenvalue weighted by Crippen LogP contribution is 2.21. The van der Waals surface area contributed by atoms with Crippen LogP contribution in [0.5, 0.6) is 0 Å². The van der Waals surface area contributed by atoms with Gasteiger partial charge in [-0.1, -0.05) is 0 Å². The monoisotopic (exact) mass is 310 g/mol. The molecule has 2 aliphatic heterocycles. The molecule has 1 unspecified atom stereocenters. The molecule has 6 nitrogen and oxygen atoms in total. The highest BCUT2D eigenvalue weighted by molar-refractivity contribution is 7.92. The van der Waals surface area contributed by atoms with Crippen molar-refractivity contribution in [2.75, 3.05) is 36.9 Å². The molecule has 2 aliphatic rings. The van der Waals surface area contributed by atoms with E-state index in [0.717, 1.165) is 25.9 Å². The maximum absolute atomic E-state index is 12.4. The Kier molecular flexibility index (Phi) is 4.54. The Labute approximate surface area is 115 Å². The van der Waals surface area contributed by atoms with Gasteiger partial charge in [0, 0.05) is 12.6 Å². The Morgan fingerprint density at radius 3 is 2.47 bits per heavy atom. The Balaban J connectivity index is 2.03. The summed E-state index contributed by atoms with van der Waals surface area (Å²) >= 11 is 0. The first-order chi connectivity index (χ1) is 8.80. The van der Waals surface area contributed by atoms with Crippen molar-refractivity contribution in [3.63, 3.8) is 0 Å². The maximum atomic E-state index is 12.4. The average Bonchev–Trinajstić information content (AvgIpc) is 2.27. The smallest absolute Gasteiger partial charge is 0.214 e. The van der Waals surface area contributed by atoms with E-state index in [1.165, 1.54) is 4.31 Å². The van der Waals surface area contributed by atoms with Crippen molar-refractivity contribution in [2.45, 2.75) is 25.8 Å². The number of hydrogen-bond donors (Lipinski definition) is 1. The Bertz CT molecular complexity index is 509. The van der Waals surface area contributed by atoms with E-state index in [-0.39, 0.29) is 29.7 Å². The number of hydrogen-bond acceptors (Lipinski definition) is 5. The van der Waals surface area contributed by atoms with Gasteiger partial charge in [0.15, 0.2) is 9.84 Å². The summed E-state index contributed by atoms with van der Waals surface area (Å²) in [5.41, 5.74) is 0. The van der Waals surface area contributed by atoms with Gasteiger partial charge in [-0.2, -0.15) is 4.31 Å². The molecule has 0 saturated carbocycles. The summed E-state index contributed by atoms with van der Waals surface area (Å²) in [6.07, 6.45) is 1.75. The molecule has 0 bridgehead atoms. The molecular formula is C11H22N2O4S2. The van der Waals surface area contributed by atoms with Crippen LogP contribution in [0.4, 0.5) is 0 Å². The minimum Gasteiger partial charge on any atom is -0.317 e. The molecule has 0 aromatic carbocycles. The lowest BCUT2D eigenvalue weighted by Crippen LogP contribution is -2.51. The van der Waals surface area contributed by atoms with Crippen LogP contribution in [0.1, 0.15) is 19.8 Å². The summed E-state index contributed by atoms with van der Waals surface area (Å²) in [6.45, 7) is 3.52. The second kappa shape index (κ2) is 5.67. The number of piperidine rings is 1. The molecule has 0 spiro atoms. The minimum atomic E-state index is -3.34. The van der Waals surface area contributed by atoms with Gasteiger partial charge in [-0.15, -0.1) is 0 Å². The second-order valence-electron chi connectivity index (χ2n) is 5.55. The fourth-order valence-corrected chi connectivity index (χ4v) is 6.72. The van der Waals surface area contributed by atoms with Crippen molar-refractivity contribution < 1.29 is 16.8 Å². The minimum absolute atomic E-state index is 0.0528. The third-order valence-electron chi connectivity index (χ3n) is 3.87. The van der Waals surface area contributed by atoms with Crippen LogP contribution < -0.4 is 5.32 Å². The van der Waals surface area contributed by atoms with Crippen molar-refractivity contribution >= 4 is 19.9 Å². The zero-order valence-electron chi connectivity index (χ0n) is 11.2. The molecule has 19 heavy (non-hydrogen) atoms. The van der Waals surface area contributed by atoms with E-state index in [9.17, 15) is 16.8 Å². The van der Waals surface area contributed by atoms with Crippen molar-refractivity contribution in [3.8, 4) is 0 Å². The quantitative estimate of drug-likeness (QED) is 0.755. The lowest BCUT2D eigenvalue weighted by atomic mass is 10.0. The van der Waals surface area contributed by atoms with Gasteiger partial charge >= 0.3 is 0 Å². The van der Waals surface area contributed by atoms with Gasteiger partial charge in [0.05, 0.1) is 17.3 Å². The molecule has 1 atom stereocenters. The Morgan fingerprint density at radius 1 is 1.26 bits per heavy atom. The first-order valence-electron chi connectivity index (χ1n) is 6.71. The summed E-state index contributed by atoms with van der Waals surface area (Å²) in [5, 5.41) is 3.21. The first kappa shape index (κ1) is 15.2. The normalized spacial score (nSPS) is 30.3. The highest BCUT2D eigenvalue weighted by Gasteiger charge is 2.36. The molecule has 0 aromatic heterocycles. The van der Waals surface area contributed by atoms with E-state index in [0.29, 0.717) is 0 Å². The summed E-state index contributed by atoms with van der Waals surface area (Å²) in [7, 11) is -6.42. The number of nitrogens with one attached hydrogen (secondary N) is 1. The van der Waals surface area contributed by atoms with Crippen LogP contribution in [-0.2, 0) is 19.9 Å². The fourth-order valence-electron chi connectivity index (χ4n) is 2.84. The number of sulfonamides is 1. The SMILES string of the molecule is CC1CS(=O)(=O)CCN1S(=O)(=O)CC1CCNCC1. The molecule has 0 aromatic rings. The van der Waals surface area contributed by atoms with Crippen molar-refractivity contribution in [1.82, 2.24) is 9.62 Å². The fraction of sp³-hybridized carbons (Fsp3) is 1.00. The van der Waals surface area contributed by atoms with Crippen LogP contribution >= 0.6 is 0 Å². The highest BCUT2D eigenvalue weighted by atomic mass is 32.2. The zero-order chi connectivity index (χ0) is 14.1. The van der Waals surface area contributed by atoms with Gasteiger partial charge < -0.3 is 5.32 Å². The van der Waals surface area contributed by atoms with E-state index in [4.69, 9.17) is 0 Å². The molecule has 0 radical (unpaired) electrons. The van der Waals surface area contributed by atoms with Gasteiger partial charge in [-0.25, -0.2) is 16.8 Å². The van der Waals surface area contributed by atoms with Crippen LogP contribution in [0.2, 0.25) is 0 Å². The third kappa shape index (κ3) is 3.90. The summed E-state index contributed by atoms with van der Waals surface area (Å²) in [4.78, 5) is 0. The van der Waals surface area contributed by atoms with E-state index < -0.39 is 25.9 Å². The van der Waals surface area contributed by atoms with E-state index in [1.807, 2.05) is 0 Å². The Morgan fingerprint density at radius 2 is 1.89 bits per heavy atom. The molecule has 112 valence electrons. The third-order valence-corrected chi connectivity index (χ3v) is 7.82. The van der Waals surface area contributed by atoms with Crippen LogP contribution in [0.3, 0.4) is 0 Å². The summed E-state index contributed by atoms with van der Waals surface area (Å²) < 4.78 is 49.1. The van der Waals surface area contributed by atoms with Crippen molar-refractivity contribution in [1.29, 1.82) is 0 Å². The van der Waals surface area contributed by atoms with Crippen molar-refractivity contribution in [2.24, 2.45) is 5.92 Å². The number of rotatable bonds is 3. The lowest BCUT2D eigenvalue weighted by Gasteiger charge is -2.33. The predicted molar refractivity (Wildman–Crippen MR) is 74.2 cm³/mol. The molecule has 2 heterocycles. The Hall–Kier alpha value is -0.180. The van der Waals surface area contributed by atoms with Crippen LogP contribution in [0.15, 0.2) is 0 Å². The van der Waals surface area contributed by atoms with Gasteiger partial charge in [-0.3, -0.25) is 0 Å². The largest absolute Gasteiger partial charge is 0.317 e. The topological polar surface area (TPSA) is 83.6 Å². The van der Waals surface area contributed by atoms with Gasteiger partial charge in [0.2, 0.25) is 10.0 Å². The summed E-state index contributed by atoms with van der Waals surface area (Å²) in [6, 6.07) is -0.439. The van der Waals surface area contributed by atoms with Gasteiger partial charge in [0.25, 0.3) is 0 Å². The number of nitrogens with zero attached hydrogens (tertiary/aromatic N) is 1. The van der Waals surface area contributed by atoms with E-state index >= 15 is 0 Å². The average molecular weight is 310 g/mol. The molecule has 0 amide bonds. The zero-order valence-corrected chi connectivity index (χ0v) is 12.8. The van der Waals surface area contributed by atoms with Crippen LogP contribution in [-0.4, -0.2) is 64.1 Å². The maximum Gasteiger partial charge on any atom is 0.214 e. The molecule has 8 heteroatoms. The van der Waals surface area contributed by atoms with Crippen molar-refractivity contribution in [3.05, 3.63) is 0 Å². The van der Waals surface area contributed by atoms with E-state index in [2.05, 4.69) is 5.32 Å². The standard InChI is InChI=1S/C11H22N2O4S2/c1-10-8-18(14,15)7-6-13(10)19(16,17)9-11-2-4-12-5-3-11/h10-12H,2-9H2,1H3. The van der Waals surface area contributed by atoms with Gasteiger partial charge in [0.1, 0.15) is 0 Å². The molecule has 2 saturated heterocycles. The predicted octanol–water partition coefficient (Wildman–Crippen LogP) is -0.565. The lowest BCUT2D eigenvalue weighted by molar-refractivity contribution is 0.343. The molecule has 0 aliphatic carbocycles. The summed E-state index contributed by atoms with van der Waals surface area (Å²) in [5.74, 6) is 0.234. The first-order valence-corrected chi connectivity index (χ1v) is 10.1. The molecule has 1 N–H and O–H groups in total. The molecular weight excluding hydrogens is 288 g/mol. The number of sulfone groups is 1. The van der Waals surface area contributed by atoms with Gasteiger partial charge in [-0.05, 0) is 38.8 Å². The second-order valence-corrected chi connectivity index (χ2v) is 9.74. The van der Waals surface area contributed by atoms with Crippen LogP contribution in [0.25, 0.3) is 0 Å². The van der Waals surface area contributed by atoms with Crippen LogP contribution in [0, 0.1) is 5.92 Å². The van der Waals surface area contributed by atoms with E-state index in [1.54, 1.807) is 6.92 Å².